The van der Waals surface area contributed by atoms with E-state index in [1.165, 1.54) is 32.0 Å². The second kappa shape index (κ2) is 5.68. The number of hydrogen-bond acceptors (Lipinski definition) is 3. The van der Waals surface area contributed by atoms with Gasteiger partial charge in [-0.15, -0.1) is 0 Å². The number of rotatable bonds is 3. The monoisotopic (exact) mass is 304 g/mol. The maximum Gasteiger partial charge on any atom is 0.138 e. The lowest BCUT2D eigenvalue weighted by atomic mass is 9.75. The molecule has 3 rings (SSSR count). The van der Waals surface area contributed by atoms with Crippen LogP contribution in [-0.4, -0.2) is 20.8 Å². The standard InChI is InChI=1S/C16H21ClN4/c1-16(2)8-6-12(7-9-16)20-14-5-3-4-13(17)15(14)21-11-18-10-19-21/h3-5,10-12,20H,6-9H2,1-2H3. The fourth-order valence-corrected chi connectivity index (χ4v) is 3.21. The van der Waals surface area contributed by atoms with Gasteiger partial charge in [0.2, 0.25) is 0 Å². The molecule has 1 aliphatic carbocycles. The number of aromatic nitrogens is 3. The summed E-state index contributed by atoms with van der Waals surface area (Å²) in [7, 11) is 0. The molecule has 1 heterocycles. The van der Waals surface area contributed by atoms with E-state index in [0.29, 0.717) is 16.5 Å². The van der Waals surface area contributed by atoms with Crippen molar-refractivity contribution >= 4 is 17.3 Å². The molecule has 21 heavy (non-hydrogen) atoms. The van der Waals surface area contributed by atoms with Crippen molar-refractivity contribution in [2.24, 2.45) is 5.41 Å². The Morgan fingerprint density at radius 2 is 2.05 bits per heavy atom. The fourth-order valence-electron chi connectivity index (χ4n) is 2.95. The van der Waals surface area contributed by atoms with Crippen molar-refractivity contribution in [1.29, 1.82) is 0 Å². The van der Waals surface area contributed by atoms with E-state index in [-0.39, 0.29) is 0 Å². The molecule has 0 bridgehead atoms. The zero-order valence-corrected chi connectivity index (χ0v) is 13.3. The van der Waals surface area contributed by atoms with E-state index in [9.17, 15) is 0 Å². The van der Waals surface area contributed by atoms with Crippen molar-refractivity contribution in [3.8, 4) is 5.69 Å². The number of halogens is 1. The Kier molecular flexibility index (Phi) is 3.89. The van der Waals surface area contributed by atoms with E-state index < -0.39 is 0 Å². The van der Waals surface area contributed by atoms with Crippen LogP contribution in [0, 0.1) is 5.41 Å². The quantitative estimate of drug-likeness (QED) is 0.919. The SMILES string of the molecule is CC1(C)CCC(Nc2cccc(Cl)c2-n2cncn2)CC1. The molecule has 1 saturated carbocycles. The third kappa shape index (κ3) is 3.21. The highest BCUT2D eigenvalue weighted by molar-refractivity contribution is 6.33. The number of benzene rings is 1. The van der Waals surface area contributed by atoms with Crippen molar-refractivity contribution in [1.82, 2.24) is 14.8 Å². The maximum absolute atomic E-state index is 6.36. The molecule has 0 radical (unpaired) electrons. The first kappa shape index (κ1) is 14.4. The molecule has 1 N–H and O–H groups in total. The Hall–Kier alpha value is -1.55. The van der Waals surface area contributed by atoms with Crippen molar-refractivity contribution in [3.63, 3.8) is 0 Å². The van der Waals surface area contributed by atoms with E-state index in [4.69, 9.17) is 11.6 Å². The Morgan fingerprint density at radius 3 is 2.71 bits per heavy atom. The van der Waals surface area contributed by atoms with Gasteiger partial charge in [0.1, 0.15) is 18.3 Å². The molecular weight excluding hydrogens is 284 g/mol. The topological polar surface area (TPSA) is 42.7 Å². The smallest absolute Gasteiger partial charge is 0.138 e. The van der Waals surface area contributed by atoms with Crippen molar-refractivity contribution in [3.05, 3.63) is 35.9 Å². The first-order chi connectivity index (χ1) is 10.1. The van der Waals surface area contributed by atoms with E-state index in [2.05, 4.69) is 35.3 Å². The molecule has 2 aromatic rings. The first-order valence-corrected chi connectivity index (χ1v) is 7.83. The van der Waals surface area contributed by atoms with Crippen LogP contribution in [0.4, 0.5) is 5.69 Å². The summed E-state index contributed by atoms with van der Waals surface area (Å²) in [5.41, 5.74) is 2.38. The summed E-state index contributed by atoms with van der Waals surface area (Å²) in [6.07, 6.45) is 8.09. The average Bonchev–Trinajstić information content (AvgIpc) is 2.95. The molecule has 112 valence electrons. The summed E-state index contributed by atoms with van der Waals surface area (Å²) in [5.74, 6) is 0. The third-order valence-electron chi connectivity index (χ3n) is 4.33. The van der Waals surface area contributed by atoms with Gasteiger partial charge < -0.3 is 5.32 Å². The van der Waals surface area contributed by atoms with Crippen LogP contribution in [0.15, 0.2) is 30.9 Å². The Morgan fingerprint density at radius 1 is 1.29 bits per heavy atom. The van der Waals surface area contributed by atoms with Gasteiger partial charge in [-0.05, 0) is 43.2 Å². The lowest BCUT2D eigenvalue weighted by molar-refractivity contribution is 0.232. The summed E-state index contributed by atoms with van der Waals surface area (Å²) in [4.78, 5) is 4.01. The van der Waals surface area contributed by atoms with Gasteiger partial charge >= 0.3 is 0 Å². The molecule has 0 atom stereocenters. The zero-order chi connectivity index (χ0) is 14.9. The molecule has 0 saturated heterocycles. The van der Waals surface area contributed by atoms with Crippen molar-refractivity contribution in [2.75, 3.05) is 5.32 Å². The van der Waals surface area contributed by atoms with E-state index in [1.807, 2.05) is 12.1 Å². The van der Waals surface area contributed by atoms with Gasteiger partial charge in [0.15, 0.2) is 0 Å². The predicted molar refractivity (Wildman–Crippen MR) is 86.0 cm³/mol. The average molecular weight is 305 g/mol. The van der Waals surface area contributed by atoms with Crippen LogP contribution < -0.4 is 5.32 Å². The van der Waals surface area contributed by atoms with Crippen LogP contribution in [0.1, 0.15) is 39.5 Å². The normalized spacial score (nSPS) is 18.6. The summed E-state index contributed by atoms with van der Waals surface area (Å²) >= 11 is 6.36. The molecule has 1 aliphatic rings. The summed E-state index contributed by atoms with van der Waals surface area (Å²) in [6, 6.07) is 6.41. The fraction of sp³-hybridized carbons (Fsp3) is 0.500. The first-order valence-electron chi connectivity index (χ1n) is 7.45. The van der Waals surface area contributed by atoms with Gasteiger partial charge in [-0.1, -0.05) is 31.5 Å². The lowest BCUT2D eigenvalue weighted by Crippen LogP contribution is -2.30. The number of nitrogens with one attached hydrogen (secondary N) is 1. The summed E-state index contributed by atoms with van der Waals surface area (Å²) in [5, 5.41) is 8.53. The third-order valence-corrected chi connectivity index (χ3v) is 4.64. The van der Waals surface area contributed by atoms with Crippen LogP contribution in [0.5, 0.6) is 0 Å². The van der Waals surface area contributed by atoms with Crippen molar-refractivity contribution < 1.29 is 0 Å². The van der Waals surface area contributed by atoms with Crippen LogP contribution >= 0.6 is 11.6 Å². The summed E-state index contributed by atoms with van der Waals surface area (Å²) in [6.45, 7) is 4.70. The van der Waals surface area contributed by atoms with Crippen LogP contribution in [-0.2, 0) is 0 Å². The number of hydrogen-bond donors (Lipinski definition) is 1. The predicted octanol–water partition coefficient (Wildman–Crippen LogP) is 4.30. The van der Waals surface area contributed by atoms with Crippen LogP contribution in [0.2, 0.25) is 5.02 Å². The minimum Gasteiger partial charge on any atom is -0.381 e. The Bertz CT molecular complexity index is 597. The minimum atomic E-state index is 0.473. The van der Waals surface area contributed by atoms with Crippen molar-refractivity contribution in [2.45, 2.75) is 45.6 Å². The number of anilines is 1. The Labute approximate surface area is 130 Å². The Balaban J connectivity index is 1.82. The van der Waals surface area contributed by atoms with E-state index in [1.54, 1.807) is 11.0 Å². The van der Waals surface area contributed by atoms with Gasteiger partial charge in [-0.2, -0.15) is 5.10 Å². The zero-order valence-electron chi connectivity index (χ0n) is 12.5. The van der Waals surface area contributed by atoms with Gasteiger partial charge in [0.05, 0.1) is 10.7 Å². The highest BCUT2D eigenvalue weighted by atomic mass is 35.5. The largest absolute Gasteiger partial charge is 0.381 e. The molecule has 0 spiro atoms. The molecule has 0 aliphatic heterocycles. The summed E-state index contributed by atoms with van der Waals surface area (Å²) < 4.78 is 1.72. The molecule has 0 unspecified atom stereocenters. The maximum atomic E-state index is 6.36. The highest BCUT2D eigenvalue weighted by Crippen LogP contribution is 2.37. The molecular formula is C16H21ClN4. The van der Waals surface area contributed by atoms with Gasteiger partial charge in [-0.3, -0.25) is 0 Å². The lowest BCUT2D eigenvalue weighted by Gasteiger charge is -2.35. The molecule has 4 nitrogen and oxygen atoms in total. The highest BCUT2D eigenvalue weighted by Gasteiger charge is 2.27. The second-order valence-corrected chi connectivity index (χ2v) is 6.97. The van der Waals surface area contributed by atoms with Gasteiger partial charge in [0, 0.05) is 6.04 Å². The number of nitrogens with zero attached hydrogens (tertiary/aromatic N) is 3. The molecule has 5 heteroatoms. The number of para-hydroxylation sites is 1. The van der Waals surface area contributed by atoms with E-state index >= 15 is 0 Å². The van der Waals surface area contributed by atoms with Gasteiger partial charge in [0.25, 0.3) is 0 Å². The second-order valence-electron chi connectivity index (χ2n) is 6.56. The van der Waals surface area contributed by atoms with Crippen LogP contribution in [0.3, 0.4) is 0 Å². The molecule has 1 aromatic heterocycles. The molecule has 1 fully saturated rings. The van der Waals surface area contributed by atoms with Gasteiger partial charge in [-0.25, -0.2) is 9.67 Å². The molecule has 0 amide bonds. The molecule has 1 aromatic carbocycles. The van der Waals surface area contributed by atoms with Crippen LogP contribution in [0.25, 0.3) is 5.69 Å². The van der Waals surface area contributed by atoms with E-state index in [0.717, 1.165) is 11.4 Å². The minimum absolute atomic E-state index is 0.473.